The van der Waals surface area contributed by atoms with Crippen LogP contribution in [0.1, 0.15) is 17.4 Å². The number of carbonyl (C=O) groups excluding carboxylic acids is 1. The van der Waals surface area contributed by atoms with Gasteiger partial charge in [0.1, 0.15) is 11.5 Å². The average Bonchev–Trinajstić information content (AvgIpc) is 3.39. The molecular weight excluding hydrogens is 459 g/mol. The quantitative estimate of drug-likeness (QED) is 0.606. The van der Waals surface area contributed by atoms with Crippen LogP contribution in [-0.2, 0) is 0 Å². The summed E-state index contributed by atoms with van der Waals surface area (Å²) in [4.78, 5) is 17.3. The summed E-state index contributed by atoms with van der Waals surface area (Å²) in [6.45, 7) is 7.03. The van der Waals surface area contributed by atoms with Crippen molar-refractivity contribution >= 4 is 44.0 Å². The molecule has 1 fully saturated rings. The van der Waals surface area contributed by atoms with Crippen LogP contribution in [0, 0.1) is 5.82 Å². The van der Waals surface area contributed by atoms with Crippen LogP contribution < -0.4 is 10.2 Å². The zero-order valence-electron chi connectivity index (χ0n) is 15.8. The molecule has 152 valence electrons. The number of halogens is 2. The van der Waals surface area contributed by atoms with Crippen molar-refractivity contribution in [3.8, 4) is 5.13 Å². The van der Waals surface area contributed by atoms with Gasteiger partial charge in [-0.25, -0.2) is 4.39 Å². The number of aromatic nitrogens is 3. The van der Waals surface area contributed by atoms with Gasteiger partial charge in [-0.2, -0.15) is 0 Å². The first-order chi connectivity index (χ1) is 14.0. The highest BCUT2D eigenvalue weighted by Gasteiger charge is 2.21. The molecule has 3 heterocycles. The van der Waals surface area contributed by atoms with E-state index in [0.29, 0.717) is 15.3 Å². The summed E-state index contributed by atoms with van der Waals surface area (Å²) in [5.41, 5.74) is 0.489. The number of hydrogen-bond donors (Lipinski definition) is 1. The number of piperazine rings is 1. The van der Waals surface area contributed by atoms with Gasteiger partial charge in [0.2, 0.25) is 10.3 Å². The fraction of sp³-hybridized carbons (Fsp3) is 0.316. The summed E-state index contributed by atoms with van der Waals surface area (Å²) >= 11 is 4.65. The first-order valence-electron chi connectivity index (χ1n) is 9.30. The number of amides is 1. The number of nitrogens with one attached hydrogen (secondary N) is 1. The Kier molecular flexibility index (Phi) is 5.93. The van der Waals surface area contributed by atoms with E-state index in [4.69, 9.17) is 0 Å². The molecule has 0 radical (unpaired) electrons. The van der Waals surface area contributed by atoms with Gasteiger partial charge in [-0.1, -0.05) is 34.2 Å². The van der Waals surface area contributed by atoms with E-state index in [0.717, 1.165) is 37.9 Å². The third-order valence-electron chi connectivity index (χ3n) is 4.86. The Balaban J connectivity index is 1.51. The van der Waals surface area contributed by atoms with Crippen LogP contribution in [0.3, 0.4) is 0 Å². The standard InChI is InChI=1S/C19H20BrFN6OS/c1-2-25-8-10-26(11-9-25)18-23-24-19(29-18)27-7-3-4-16(27)17(28)22-15-6-5-13(20)12-14(15)21/h3-7,12H,2,8-11H2,1H3,(H,22,28). The Labute approximate surface area is 180 Å². The average molecular weight is 479 g/mol. The van der Waals surface area contributed by atoms with Gasteiger partial charge in [0, 0.05) is 36.8 Å². The summed E-state index contributed by atoms with van der Waals surface area (Å²) in [5, 5.41) is 12.6. The van der Waals surface area contributed by atoms with E-state index in [1.165, 1.54) is 23.5 Å². The Morgan fingerprint density at radius 2 is 1.97 bits per heavy atom. The number of likely N-dealkylation sites (N-methyl/N-ethyl adjacent to an activating group) is 1. The molecule has 7 nitrogen and oxygen atoms in total. The molecule has 0 bridgehead atoms. The van der Waals surface area contributed by atoms with Gasteiger partial charge < -0.3 is 15.1 Å². The molecule has 1 saturated heterocycles. The number of carbonyl (C=O) groups is 1. The largest absolute Gasteiger partial charge is 0.344 e. The highest BCUT2D eigenvalue weighted by molar-refractivity contribution is 9.10. The highest BCUT2D eigenvalue weighted by Crippen LogP contribution is 2.26. The molecule has 1 aliphatic heterocycles. The molecule has 4 rings (SSSR count). The molecule has 3 aromatic rings. The van der Waals surface area contributed by atoms with Crippen LogP contribution in [-0.4, -0.2) is 58.3 Å². The predicted molar refractivity (Wildman–Crippen MR) is 116 cm³/mol. The molecule has 0 saturated carbocycles. The lowest BCUT2D eigenvalue weighted by Gasteiger charge is -2.33. The highest BCUT2D eigenvalue weighted by atomic mass is 79.9. The van der Waals surface area contributed by atoms with E-state index in [1.807, 2.05) is 0 Å². The van der Waals surface area contributed by atoms with Crippen LogP contribution in [0.15, 0.2) is 41.0 Å². The lowest BCUT2D eigenvalue weighted by Crippen LogP contribution is -2.46. The van der Waals surface area contributed by atoms with Gasteiger partial charge >= 0.3 is 0 Å². The molecule has 0 spiro atoms. The maximum absolute atomic E-state index is 14.1. The Morgan fingerprint density at radius 1 is 1.21 bits per heavy atom. The number of benzene rings is 1. The number of anilines is 2. The zero-order chi connectivity index (χ0) is 20.4. The maximum atomic E-state index is 14.1. The minimum Gasteiger partial charge on any atom is -0.344 e. The van der Waals surface area contributed by atoms with Gasteiger partial charge in [0.15, 0.2) is 0 Å². The third kappa shape index (κ3) is 4.34. The fourth-order valence-corrected chi connectivity index (χ4v) is 4.43. The van der Waals surface area contributed by atoms with E-state index >= 15 is 0 Å². The van der Waals surface area contributed by atoms with Crippen molar-refractivity contribution in [2.75, 3.05) is 42.9 Å². The molecule has 1 aliphatic rings. The molecular formula is C19H20BrFN6OS. The van der Waals surface area contributed by atoms with E-state index in [9.17, 15) is 9.18 Å². The van der Waals surface area contributed by atoms with Gasteiger partial charge in [0.25, 0.3) is 5.91 Å². The number of rotatable bonds is 5. The van der Waals surface area contributed by atoms with Crippen molar-refractivity contribution in [3.05, 3.63) is 52.5 Å². The number of hydrogen-bond acceptors (Lipinski definition) is 6. The van der Waals surface area contributed by atoms with Gasteiger partial charge in [-0.15, -0.1) is 10.2 Å². The first-order valence-corrected chi connectivity index (χ1v) is 10.9. The normalized spacial score (nSPS) is 14.9. The summed E-state index contributed by atoms with van der Waals surface area (Å²) in [5.74, 6) is -0.917. The van der Waals surface area contributed by atoms with Crippen molar-refractivity contribution in [2.24, 2.45) is 0 Å². The summed E-state index contributed by atoms with van der Waals surface area (Å²) in [6, 6.07) is 7.93. The predicted octanol–water partition coefficient (Wildman–Crippen LogP) is 3.62. The molecule has 1 N–H and O–H groups in total. The van der Waals surface area contributed by atoms with Gasteiger partial charge in [-0.3, -0.25) is 9.36 Å². The van der Waals surface area contributed by atoms with E-state index < -0.39 is 11.7 Å². The Morgan fingerprint density at radius 3 is 2.69 bits per heavy atom. The van der Waals surface area contributed by atoms with E-state index in [2.05, 4.69) is 48.2 Å². The lowest BCUT2D eigenvalue weighted by atomic mass is 10.3. The molecule has 0 aliphatic carbocycles. The van der Waals surface area contributed by atoms with E-state index in [1.54, 1.807) is 29.0 Å². The molecule has 29 heavy (non-hydrogen) atoms. The molecule has 0 unspecified atom stereocenters. The van der Waals surface area contributed by atoms with E-state index in [-0.39, 0.29) is 5.69 Å². The topological polar surface area (TPSA) is 66.3 Å². The van der Waals surface area contributed by atoms with Crippen molar-refractivity contribution in [1.29, 1.82) is 0 Å². The van der Waals surface area contributed by atoms with Crippen LogP contribution in [0.5, 0.6) is 0 Å². The van der Waals surface area contributed by atoms with Crippen molar-refractivity contribution < 1.29 is 9.18 Å². The minimum atomic E-state index is -0.504. The van der Waals surface area contributed by atoms with Gasteiger partial charge in [-0.05, 0) is 36.9 Å². The molecule has 1 aromatic carbocycles. The summed E-state index contributed by atoms with van der Waals surface area (Å²) < 4.78 is 16.3. The fourth-order valence-electron chi connectivity index (χ4n) is 3.20. The van der Waals surface area contributed by atoms with Crippen molar-refractivity contribution in [2.45, 2.75) is 6.92 Å². The molecule has 1 amide bonds. The molecule has 10 heteroatoms. The molecule has 0 atom stereocenters. The van der Waals surface area contributed by atoms with Crippen LogP contribution in [0.4, 0.5) is 15.2 Å². The maximum Gasteiger partial charge on any atom is 0.272 e. The van der Waals surface area contributed by atoms with Crippen LogP contribution >= 0.6 is 27.3 Å². The zero-order valence-corrected chi connectivity index (χ0v) is 18.2. The third-order valence-corrected chi connectivity index (χ3v) is 6.34. The summed E-state index contributed by atoms with van der Waals surface area (Å²) in [6.07, 6.45) is 1.76. The van der Waals surface area contributed by atoms with Crippen molar-refractivity contribution in [3.63, 3.8) is 0 Å². The van der Waals surface area contributed by atoms with Crippen LogP contribution in [0.25, 0.3) is 5.13 Å². The second-order valence-corrected chi connectivity index (χ2v) is 8.48. The minimum absolute atomic E-state index is 0.123. The summed E-state index contributed by atoms with van der Waals surface area (Å²) in [7, 11) is 0. The van der Waals surface area contributed by atoms with Crippen molar-refractivity contribution in [1.82, 2.24) is 19.7 Å². The first kappa shape index (κ1) is 20.0. The lowest BCUT2D eigenvalue weighted by molar-refractivity contribution is 0.102. The monoisotopic (exact) mass is 478 g/mol. The Bertz CT molecular complexity index is 1010. The smallest absolute Gasteiger partial charge is 0.272 e. The van der Waals surface area contributed by atoms with Gasteiger partial charge in [0.05, 0.1) is 5.69 Å². The SMILES string of the molecule is CCN1CCN(c2nnc(-n3cccc3C(=O)Nc3ccc(Br)cc3F)s2)CC1. The second kappa shape index (κ2) is 8.60. The number of nitrogens with zero attached hydrogens (tertiary/aromatic N) is 5. The second-order valence-electron chi connectivity index (χ2n) is 6.63. The molecule has 2 aromatic heterocycles. The Hall–Kier alpha value is -2.30. The van der Waals surface area contributed by atoms with Crippen LogP contribution in [0.2, 0.25) is 0 Å².